The molecule has 22 heavy (non-hydrogen) atoms. The van der Waals surface area contributed by atoms with Gasteiger partial charge in [0, 0.05) is 10.6 Å². The van der Waals surface area contributed by atoms with Crippen molar-refractivity contribution in [3.8, 4) is 11.4 Å². The van der Waals surface area contributed by atoms with Gasteiger partial charge in [0.1, 0.15) is 0 Å². The average molecular weight is 379 g/mol. The van der Waals surface area contributed by atoms with E-state index in [0.29, 0.717) is 21.2 Å². The first kappa shape index (κ1) is 14.7. The molecule has 7 heteroatoms. The first-order valence-electron chi connectivity index (χ1n) is 6.26. The maximum atomic E-state index is 11.9. The summed E-state index contributed by atoms with van der Waals surface area (Å²) in [6.45, 7) is 0. The number of carbonyl (C=O) groups is 1. The Balaban J connectivity index is 1.74. The van der Waals surface area contributed by atoms with Gasteiger partial charge < -0.3 is 9.73 Å². The van der Waals surface area contributed by atoms with Crippen LogP contribution in [0.1, 0.15) is 10.6 Å². The summed E-state index contributed by atoms with van der Waals surface area (Å²) in [4.78, 5) is 20.4. The van der Waals surface area contributed by atoms with Crippen molar-refractivity contribution in [1.29, 1.82) is 0 Å². The molecule has 2 heterocycles. The number of anilines is 1. The van der Waals surface area contributed by atoms with Gasteiger partial charge in [-0.1, -0.05) is 11.6 Å². The first-order valence-corrected chi connectivity index (χ1v) is 7.43. The van der Waals surface area contributed by atoms with Crippen LogP contribution in [0.5, 0.6) is 0 Å². The third-order valence-corrected chi connectivity index (χ3v) is 3.49. The summed E-state index contributed by atoms with van der Waals surface area (Å²) < 4.78 is 5.67. The monoisotopic (exact) mass is 377 g/mol. The summed E-state index contributed by atoms with van der Waals surface area (Å²) >= 11 is 8.99. The number of rotatable bonds is 3. The zero-order chi connectivity index (χ0) is 15.5. The number of furan rings is 1. The molecular weight excluding hydrogens is 370 g/mol. The Bertz CT molecular complexity index is 800. The summed E-state index contributed by atoms with van der Waals surface area (Å²) in [5.41, 5.74) is 1.33. The van der Waals surface area contributed by atoms with Crippen molar-refractivity contribution < 1.29 is 9.21 Å². The maximum absolute atomic E-state index is 11.9. The van der Waals surface area contributed by atoms with E-state index >= 15 is 0 Å². The minimum absolute atomic E-state index is 0.202. The Kier molecular flexibility index (Phi) is 4.22. The van der Waals surface area contributed by atoms with Crippen molar-refractivity contribution in [2.45, 2.75) is 0 Å². The van der Waals surface area contributed by atoms with Crippen LogP contribution >= 0.6 is 27.5 Å². The van der Waals surface area contributed by atoms with Gasteiger partial charge >= 0.3 is 0 Å². The highest BCUT2D eigenvalue weighted by atomic mass is 79.9. The molecule has 0 radical (unpaired) electrons. The van der Waals surface area contributed by atoms with Gasteiger partial charge in [-0.3, -0.25) is 4.79 Å². The lowest BCUT2D eigenvalue weighted by Gasteiger charge is -2.04. The molecule has 2 aromatic heterocycles. The highest BCUT2D eigenvalue weighted by Crippen LogP contribution is 2.19. The van der Waals surface area contributed by atoms with Crippen LogP contribution in [0, 0.1) is 0 Å². The van der Waals surface area contributed by atoms with Crippen LogP contribution in [0.15, 0.2) is 57.9 Å². The van der Waals surface area contributed by atoms with E-state index in [0.717, 1.165) is 5.56 Å². The zero-order valence-corrected chi connectivity index (χ0v) is 13.4. The number of amides is 1. The van der Waals surface area contributed by atoms with Crippen LogP contribution < -0.4 is 5.32 Å². The van der Waals surface area contributed by atoms with Gasteiger partial charge in [0.25, 0.3) is 5.91 Å². The quantitative estimate of drug-likeness (QED) is 0.733. The van der Waals surface area contributed by atoms with Crippen LogP contribution in [-0.4, -0.2) is 15.9 Å². The van der Waals surface area contributed by atoms with E-state index in [9.17, 15) is 4.79 Å². The van der Waals surface area contributed by atoms with Crippen LogP contribution in [0.2, 0.25) is 5.02 Å². The Morgan fingerprint density at radius 2 is 1.77 bits per heavy atom. The van der Waals surface area contributed by atoms with Crippen molar-refractivity contribution in [1.82, 2.24) is 9.97 Å². The molecule has 0 atom stereocenters. The Morgan fingerprint density at radius 1 is 1.09 bits per heavy atom. The number of hydrogen-bond donors (Lipinski definition) is 1. The molecule has 1 N–H and O–H groups in total. The van der Waals surface area contributed by atoms with Gasteiger partial charge in [0.05, 0.1) is 18.1 Å². The average Bonchev–Trinajstić information content (AvgIpc) is 2.96. The normalized spacial score (nSPS) is 10.5. The smallest absolute Gasteiger partial charge is 0.291 e. The molecule has 0 aliphatic carbocycles. The summed E-state index contributed by atoms with van der Waals surface area (Å²) in [6.07, 6.45) is 3.07. The third kappa shape index (κ3) is 3.35. The Hall–Kier alpha value is -2.18. The zero-order valence-electron chi connectivity index (χ0n) is 11.1. The van der Waals surface area contributed by atoms with E-state index < -0.39 is 0 Å². The number of nitrogens with one attached hydrogen (secondary N) is 1. The van der Waals surface area contributed by atoms with Gasteiger partial charge in [-0.05, 0) is 52.3 Å². The third-order valence-electron chi connectivity index (χ3n) is 2.81. The molecule has 5 nitrogen and oxygen atoms in total. The van der Waals surface area contributed by atoms with Crippen LogP contribution in [0.25, 0.3) is 11.4 Å². The van der Waals surface area contributed by atoms with E-state index in [-0.39, 0.29) is 11.7 Å². The van der Waals surface area contributed by atoms with E-state index in [2.05, 4.69) is 31.2 Å². The molecule has 0 fully saturated rings. The second-order valence-electron chi connectivity index (χ2n) is 4.36. The van der Waals surface area contributed by atoms with Gasteiger partial charge in [-0.2, -0.15) is 0 Å². The minimum Gasteiger partial charge on any atom is -0.444 e. The number of carbonyl (C=O) groups excluding carboxylic acids is 1. The molecule has 3 rings (SSSR count). The molecule has 0 aliphatic heterocycles. The summed E-state index contributed by atoms with van der Waals surface area (Å²) in [6, 6.07) is 10.4. The van der Waals surface area contributed by atoms with Crippen molar-refractivity contribution >= 4 is 39.1 Å². The summed E-state index contributed by atoms with van der Waals surface area (Å²) in [5.74, 6) is 0.387. The number of halogens is 2. The highest BCUT2D eigenvalue weighted by molar-refractivity contribution is 9.10. The molecule has 0 spiro atoms. The van der Waals surface area contributed by atoms with E-state index in [1.54, 1.807) is 24.3 Å². The van der Waals surface area contributed by atoms with Crippen molar-refractivity contribution in [2.75, 3.05) is 5.32 Å². The molecule has 1 amide bonds. The lowest BCUT2D eigenvalue weighted by atomic mass is 10.2. The van der Waals surface area contributed by atoms with Crippen LogP contribution in [-0.2, 0) is 0 Å². The fourth-order valence-electron chi connectivity index (χ4n) is 1.77. The summed E-state index contributed by atoms with van der Waals surface area (Å²) in [5, 5.41) is 3.31. The first-order chi connectivity index (χ1) is 10.6. The lowest BCUT2D eigenvalue weighted by molar-refractivity contribution is 0.0995. The second-order valence-corrected chi connectivity index (χ2v) is 5.58. The fourth-order valence-corrected chi connectivity index (χ4v) is 2.20. The van der Waals surface area contributed by atoms with Gasteiger partial charge in [-0.15, -0.1) is 0 Å². The topological polar surface area (TPSA) is 68.0 Å². The number of nitrogens with zero attached hydrogens (tertiary/aromatic N) is 2. The second kappa shape index (κ2) is 6.29. The molecule has 0 saturated carbocycles. The molecule has 0 unspecified atom stereocenters. The molecular formula is C15H9BrClN3O2. The van der Waals surface area contributed by atoms with Gasteiger partial charge in [-0.25, -0.2) is 9.97 Å². The molecule has 0 aliphatic rings. The van der Waals surface area contributed by atoms with Crippen molar-refractivity contribution in [3.63, 3.8) is 0 Å². The molecule has 1 aromatic carbocycles. The highest BCUT2D eigenvalue weighted by Gasteiger charge is 2.11. The number of aromatic nitrogens is 2. The maximum Gasteiger partial charge on any atom is 0.291 e. The molecule has 110 valence electrons. The predicted octanol–water partition coefficient (Wildman–Crippen LogP) is 4.40. The van der Waals surface area contributed by atoms with Crippen LogP contribution in [0.3, 0.4) is 0 Å². The molecule has 3 aromatic rings. The molecule has 0 saturated heterocycles. The molecule has 0 bridgehead atoms. The number of hydrogen-bond acceptors (Lipinski definition) is 4. The predicted molar refractivity (Wildman–Crippen MR) is 86.8 cm³/mol. The number of benzene rings is 1. The van der Waals surface area contributed by atoms with Crippen molar-refractivity contribution in [2.24, 2.45) is 0 Å². The van der Waals surface area contributed by atoms with Crippen LogP contribution in [0.4, 0.5) is 5.69 Å². The van der Waals surface area contributed by atoms with Crippen molar-refractivity contribution in [3.05, 3.63) is 64.2 Å². The van der Waals surface area contributed by atoms with Gasteiger partial charge in [0.15, 0.2) is 16.3 Å². The largest absolute Gasteiger partial charge is 0.444 e. The summed E-state index contributed by atoms with van der Waals surface area (Å²) in [7, 11) is 0. The van der Waals surface area contributed by atoms with E-state index in [4.69, 9.17) is 16.0 Å². The minimum atomic E-state index is -0.367. The standard InChI is InChI=1S/C15H9BrClN3O2/c16-13-6-5-12(22-13)15(21)20-11-7-18-14(19-8-11)9-1-3-10(17)4-2-9/h1-8H,(H,20,21). The lowest BCUT2D eigenvalue weighted by Crippen LogP contribution is -2.11. The SMILES string of the molecule is O=C(Nc1cnc(-c2ccc(Cl)cc2)nc1)c1ccc(Br)o1. The van der Waals surface area contributed by atoms with Gasteiger partial charge in [0.2, 0.25) is 0 Å². The fraction of sp³-hybridized carbons (Fsp3) is 0. The Labute approximate surface area is 139 Å². The Morgan fingerprint density at radius 3 is 2.36 bits per heavy atom. The van der Waals surface area contributed by atoms with E-state index in [1.165, 1.54) is 12.4 Å². The van der Waals surface area contributed by atoms with E-state index in [1.807, 2.05) is 12.1 Å².